The van der Waals surface area contributed by atoms with Gasteiger partial charge >= 0.3 is 5.97 Å². The lowest BCUT2D eigenvalue weighted by atomic mass is 9.82. The summed E-state index contributed by atoms with van der Waals surface area (Å²) in [5.41, 5.74) is 1.73. The molecule has 0 spiro atoms. The summed E-state index contributed by atoms with van der Waals surface area (Å²) in [6.07, 6.45) is 0.508. The van der Waals surface area contributed by atoms with Gasteiger partial charge < -0.3 is 14.3 Å². The number of methoxy groups -OCH3 is 1. The van der Waals surface area contributed by atoms with Gasteiger partial charge in [0.05, 0.1) is 25.7 Å². The third-order valence-corrected chi connectivity index (χ3v) is 6.34. The van der Waals surface area contributed by atoms with Crippen LogP contribution in [0.2, 0.25) is 0 Å². The zero-order valence-corrected chi connectivity index (χ0v) is 18.7. The summed E-state index contributed by atoms with van der Waals surface area (Å²) in [6.45, 7) is 11.5. The number of esters is 1. The van der Waals surface area contributed by atoms with Crippen molar-refractivity contribution in [2.75, 3.05) is 20.2 Å². The van der Waals surface area contributed by atoms with E-state index in [1.54, 1.807) is 0 Å². The average Bonchev–Trinajstić information content (AvgIpc) is 2.70. The Morgan fingerprint density at radius 1 is 1.00 bits per heavy atom. The molecule has 0 saturated carbocycles. The SMILES string of the molecule is COC(=O)C[N+](CCC(O)(c1ccccc1)c1cccc(C)c1)(C(C)C)C(C)C. The summed E-state index contributed by atoms with van der Waals surface area (Å²) in [7, 11) is 1.44. The zero-order valence-electron chi connectivity index (χ0n) is 18.7. The number of carbonyl (C=O) groups excluding carboxylic acids is 1. The van der Waals surface area contributed by atoms with E-state index in [0.717, 1.165) is 16.7 Å². The number of nitrogens with zero attached hydrogens (tertiary/aromatic N) is 1. The predicted molar refractivity (Wildman–Crippen MR) is 118 cm³/mol. The third-order valence-electron chi connectivity index (χ3n) is 6.34. The fourth-order valence-electron chi connectivity index (χ4n) is 4.30. The van der Waals surface area contributed by atoms with Crippen LogP contribution in [0.4, 0.5) is 0 Å². The van der Waals surface area contributed by atoms with Gasteiger partial charge in [0.2, 0.25) is 0 Å². The molecule has 2 aromatic carbocycles. The molecular weight excluding hydrogens is 362 g/mol. The standard InChI is InChI=1S/C25H36NO3/c1-19(2)26(20(3)4,18-24(27)29-6)16-15-25(28,22-12-8-7-9-13-22)23-14-10-11-21(5)17-23/h7-14,17,19-20,28H,15-16,18H2,1-6H3/q+1. The van der Waals surface area contributed by atoms with Gasteiger partial charge in [0.1, 0.15) is 5.60 Å². The van der Waals surface area contributed by atoms with E-state index in [2.05, 4.69) is 27.7 Å². The number of aliphatic hydroxyl groups is 1. The molecule has 0 aliphatic rings. The molecule has 4 nitrogen and oxygen atoms in total. The number of quaternary nitrogens is 1. The molecule has 2 rings (SSSR count). The Bertz CT molecular complexity index is 793. The van der Waals surface area contributed by atoms with Crippen LogP contribution in [0.5, 0.6) is 0 Å². The second-order valence-corrected chi connectivity index (χ2v) is 8.59. The van der Waals surface area contributed by atoms with E-state index in [9.17, 15) is 9.90 Å². The summed E-state index contributed by atoms with van der Waals surface area (Å²) in [6, 6.07) is 18.3. The molecule has 0 aliphatic carbocycles. The number of rotatable bonds is 9. The van der Waals surface area contributed by atoms with Crippen LogP contribution in [-0.4, -0.2) is 47.8 Å². The molecule has 0 saturated heterocycles. The monoisotopic (exact) mass is 398 g/mol. The van der Waals surface area contributed by atoms with Crippen LogP contribution in [0.1, 0.15) is 50.8 Å². The summed E-state index contributed by atoms with van der Waals surface area (Å²) < 4.78 is 5.57. The van der Waals surface area contributed by atoms with Gasteiger partial charge in [-0.2, -0.15) is 0 Å². The van der Waals surface area contributed by atoms with Gasteiger partial charge in [-0.3, -0.25) is 0 Å². The molecule has 29 heavy (non-hydrogen) atoms. The Kier molecular flexibility index (Phi) is 7.61. The highest BCUT2D eigenvalue weighted by Gasteiger charge is 2.41. The van der Waals surface area contributed by atoms with Crippen molar-refractivity contribution in [1.82, 2.24) is 0 Å². The molecule has 0 amide bonds. The Balaban J connectivity index is 2.48. The van der Waals surface area contributed by atoms with Crippen LogP contribution in [0, 0.1) is 6.92 Å². The van der Waals surface area contributed by atoms with E-state index in [-0.39, 0.29) is 18.1 Å². The summed E-state index contributed by atoms with van der Waals surface area (Å²) >= 11 is 0. The zero-order chi connectivity index (χ0) is 21.7. The third kappa shape index (κ3) is 5.06. The molecule has 1 unspecified atom stereocenters. The first kappa shape index (κ1) is 23.1. The molecule has 1 N–H and O–H groups in total. The quantitative estimate of drug-likeness (QED) is 0.502. The molecule has 0 aliphatic heterocycles. The number of carbonyl (C=O) groups is 1. The van der Waals surface area contributed by atoms with Crippen LogP contribution >= 0.6 is 0 Å². The molecule has 158 valence electrons. The number of ether oxygens (including phenoxy) is 1. The molecule has 0 heterocycles. The van der Waals surface area contributed by atoms with E-state index in [4.69, 9.17) is 4.74 Å². The van der Waals surface area contributed by atoms with Crippen molar-refractivity contribution < 1.29 is 19.1 Å². The lowest BCUT2D eigenvalue weighted by Crippen LogP contribution is -2.61. The first-order valence-electron chi connectivity index (χ1n) is 10.4. The number of benzene rings is 2. The van der Waals surface area contributed by atoms with E-state index in [0.29, 0.717) is 24.0 Å². The van der Waals surface area contributed by atoms with E-state index >= 15 is 0 Å². The van der Waals surface area contributed by atoms with Crippen LogP contribution < -0.4 is 0 Å². The van der Waals surface area contributed by atoms with Crippen molar-refractivity contribution in [3.63, 3.8) is 0 Å². The normalized spacial score (nSPS) is 14.1. The topological polar surface area (TPSA) is 46.5 Å². The van der Waals surface area contributed by atoms with Crippen LogP contribution in [0.25, 0.3) is 0 Å². The second kappa shape index (κ2) is 9.55. The van der Waals surface area contributed by atoms with Gasteiger partial charge in [-0.05, 0) is 45.7 Å². The molecule has 0 radical (unpaired) electrons. The molecule has 0 aromatic heterocycles. The predicted octanol–water partition coefficient (Wildman–Crippen LogP) is 4.43. The number of hydrogen-bond acceptors (Lipinski definition) is 3. The van der Waals surface area contributed by atoms with Gasteiger partial charge in [-0.25, -0.2) is 4.79 Å². The molecule has 0 fully saturated rings. The number of aryl methyl sites for hydroxylation is 1. The Morgan fingerprint density at radius 2 is 1.59 bits per heavy atom. The second-order valence-electron chi connectivity index (χ2n) is 8.59. The van der Waals surface area contributed by atoms with Gasteiger partial charge in [0.25, 0.3) is 0 Å². The highest BCUT2D eigenvalue weighted by Crippen LogP contribution is 2.35. The van der Waals surface area contributed by atoms with Crippen molar-refractivity contribution in [2.24, 2.45) is 0 Å². The maximum atomic E-state index is 12.2. The van der Waals surface area contributed by atoms with Gasteiger partial charge in [0.15, 0.2) is 6.54 Å². The highest BCUT2D eigenvalue weighted by molar-refractivity contribution is 5.70. The van der Waals surface area contributed by atoms with Crippen molar-refractivity contribution in [2.45, 2.75) is 58.7 Å². The molecule has 0 bridgehead atoms. The molecular formula is C25H36NO3+. The minimum atomic E-state index is -1.13. The summed E-state index contributed by atoms with van der Waals surface area (Å²) in [5, 5.41) is 12.0. The minimum Gasteiger partial charge on any atom is -0.465 e. The fourth-order valence-corrected chi connectivity index (χ4v) is 4.30. The van der Waals surface area contributed by atoms with Crippen LogP contribution in [-0.2, 0) is 15.1 Å². The summed E-state index contributed by atoms with van der Waals surface area (Å²) in [4.78, 5) is 12.2. The Labute approximate surface area is 175 Å². The number of hydrogen-bond donors (Lipinski definition) is 1. The van der Waals surface area contributed by atoms with E-state index in [1.807, 2.05) is 61.5 Å². The van der Waals surface area contributed by atoms with Gasteiger partial charge in [-0.15, -0.1) is 0 Å². The van der Waals surface area contributed by atoms with Crippen LogP contribution in [0.3, 0.4) is 0 Å². The highest BCUT2D eigenvalue weighted by atomic mass is 16.5. The van der Waals surface area contributed by atoms with Crippen molar-refractivity contribution in [3.8, 4) is 0 Å². The van der Waals surface area contributed by atoms with Crippen molar-refractivity contribution in [3.05, 3.63) is 71.3 Å². The smallest absolute Gasteiger partial charge is 0.361 e. The minimum absolute atomic E-state index is 0.214. The van der Waals surface area contributed by atoms with Crippen molar-refractivity contribution >= 4 is 5.97 Å². The molecule has 4 heteroatoms. The molecule has 1 atom stereocenters. The maximum absolute atomic E-state index is 12.2. The van der Waals surface area contributed by atoms with Crippen molar-refractivity contribution in [1.29, 1.82) is 0 Å². The lowest BCUT2D eigenvalue weighted by molar-refractivity contribution is -0.961. The first-order valence-corrected chi connectivity index (χ1v) is 10.4. The lowest BCUT2D eigenvalue weighted by Gasteiger charge is -2.46. The fraction of sp³-hybridized carbons (Fsp3) is 0.480. The van der Waals surface area contributed by atoms with E-state index in [1.165, 1.54) is 7.11 Å². The Hall–Kier alpha value is -2.17. The maximum Gasteiger partial charge on any atom is 0.361 e. The first-order chi connectivity index (χ1) is 13.7. The van der Waals surface area contributed by atoms with E-state index < -0.39 is 5.60 Å². The average molecular weight is 399 g/mol. The summed E-state index contributed by atoms with van der Waals surface area (Å²) in [5.74, 6) is -0.216. The van der Waals surface area contributed by atoms with Gasteiger partial charge in [0, 0.05) is 6.42 Å². The molecule has 2 aromatic rings. The largest absolute Gasteiger partial charge is 0.465 e. The van der Waals surface area contributed by atoms with Gasteiger partial charge in [-0.1, -0.05) is 60.2 Å². The Morgan fingerprint density at radius 3 is 2.10 bits per heavy atom. The van der Waals surface area contributed by atoms with Crippen LogP contribution in [0.15, 0.2) is 54.6 Å².